The van der Waals surface area contributed by atoms with Crippen LogP contribution >= 0.6 is 0 Å². The van der Waals surface area contributed by atoms with Gasteiger partial charge >= 0.3 is 0 Å². The van der Waals surface area contributed by atoms with Crippen molar-refractivity contribution in [2.75, 3.05) is 12.3 Å². The topological polar surface area (TPSA) is 111 Å². The quantitative estimate of drug-likeness (QED) is 0.287. The normalized spacial score (nSPS) is 13.5. The number of nitrogen functional groups attached to an aromatic ring is 1. The van der Waals surface area contributed by atoms with Crippen molar-refractivity contribution in [2.45, 2.75) is 32.7 Å². The second kappa shape index (κ2) is 8.28. The third-order valence-electron chi connectivity index (χ3n) is 5.49. The predicted molar refractivity (Wildman–Crippen MR) is 116 cm³/mol. The number of aromatic hydroxyl groups is 1. The van der Waals surface area contributed by atoms with Gasteiger partial charge in [0, 0.05) is 24.0 Å². The highest BCUT2D eigenvalue weighted by atomic mass is 19.1. The van der Waals surface area contributed by atoms with E-state index in [-0.39, 0.29) is 11.5 Å². The van der Waals surface area contributed by atoms with Crippen LogP contribution in [-0.4, -0.2) is 27.3 Å². The maximum absolute atomic E-state index is 13.9. The molecule has 1 saturated carbocycles. The minimum absolute atomic E-state index is 0.208. The fraction of sp³-hybridized carbons (Fsp3) is 0.304. The Bertz CT molecular complexity index is 1090. The molecule has 1 heterocycles. The first kappa shape index (κ1) is 20.1. The van der Waals surface area contributed by atoms with Crippen LogP contribution < -0.4 is 11.1 Å². The van der Waals surface area contributed by atoms with E-state index in [1.165, 1.54) is 25.0 Å². The van der Waals surface area contributed by atoms with Gasteiger partial charge in [-0.3, -0.25) is 5.41 Å². The number of hydrogen-bond donors (Lipinski definition) is 5. The Morgan fingerprint density at radius 2 is 2.13 bits per heavy atom. The molecule has 4 rings (SSSR count). The van der Waals surface area contributed by atoms with Crippen LogP contribution in [0.1, 0.15) is 42.4 Å². The molecule has 0 aliphatic heterocycles. The minimum atomic E-state index is -0.670. The summed E-state index contributed by atoms with van der Waals surface area (Å²) >= 11 is 0. The number of H-pyrrole nitrogens is 1. The van der Waals surface area contributed by atoms with Gasteiger partial charge in [0.1, 0.15) is 5.71 Å². The van der Waals surface area contributed by atoms with Crippen LogP contribution in [0.3, 0.4) is 0 Å². The minimum Gasteiger partial charge on any atom is -0.505 e. The SMILES string of the molecule is CCc1cc(O)c(F)cc1-c1ccc(C(=N)c2nc(CNCC3CC3)c[nH]2)c(N)c1. The Morgan fingerprint density at radius 3 is 2.83 bits per heavy atom. The summed E-state index contributed by atoms with van der Waals surface area (Å²) in [5, 5.41) is 21.5. The average molecular weight is 407 g/mol. The molecule has 1 aliphatic carbocycles. The summed E-state index contributed by atoms with van der Waals surface area (Å²) in [4.78, 5) is 7.55. The van der Waals surface area contributed by atoms with Crippen molar-refractivity contribution < 1.29 is 9.50 Å². The standard InChI is InChI=1S/C23H26FN5O/c1-2-14-8-21(30)19(24)9-18(14)15-5-6-17(20(25)7-15)22(26)23-28-12-16(29-23)11-27-10-13-3-4-13/h5-9,12-13,26-27,30H,2-4,10-11,25H2,1H3,(H,28,29). The van der Waals surface area contributed by atoms with Gasteiger partial charge in [-0.05, 0) is 66.6 Å². The lowest BCUT2D eigenvalue weighted by Crippen LogP contribution is -2.16. The molecule has 0 saturated heterocycles. The molecule has 6 nitrogen and oxygen atoms in total. The van der Waals surface area contributed by atoms with E-state index in [0.29, 0.717) is 35.6 Å². The Hall–Kier alpha value is -3.19. The fourth-order valence-electron chi connectivity index (χ4n) is 3.56. The number of aryl methyl sites for hydroxylation is 1. The molecule has 156 valence electrons. The zero-order valence-corrected chi connectivity index (χ0v) is 16.9. The van der Waals surface area contributed by atoms with Gasteiger partial charge in [0.05, 0.1) is 5.69 Å². The number of rotatable bonds is 8. The van der Waals surface area contributed by atoms with Crippen LogP contribution in [0, 0.1) is 17.1 Å². The number of nitrogens with one attached hydrogen (secondary N) is 3. The number of phenols is 1. The molecule has 7 heteroatoms. The number of phenolic OH excluding ortho intramolecular Hbond substituents is 1. The number of benzene rings is 2. The molecule has 0 spiro atoms. The van der Waals surface area contributed by atoms with Gasteiger partial charge < -0.3 is 21.1 Å². The lowest BCUT2D eigenvalue weighted by atomic mass is 9.95. The van der Waals surface area contributed by atoms with Gasteiger partial charge in [-0.15, -0.1) is 0 Å². The van der Waals surface area contributed by atoms with E-state index in [2.05, 4.69) is 15.3 Å². The maximum Gasteiger partial charge on any atom is 0.165 e. The fourth-order valence-corrected chi connectivity index (χ4v) is 3.56. The summed E-state index contributed by atoms with van der Waals surface area (Å²) in [7, 11) is 0. The van der Waals surface area contributed by atoms with Crippen LogP contribution in [0.25, 0.3) is 11.1 Å². The molecule has 1 aromatic heterocycles. The molecule has 2 aromatic carbocycles. The zero-order chi connectivity index (χ0) is 21.3. The summed E-state index contributed by atoms with van der Waals surface area (Å²) in [6.07, 6.45) is 5.05. The van der Waals surface area contributed by atoms with Crippen LogP contribution in [0.15, 0.2) is 36.5 Å². The Balaban J connectivity index is 1.54. The van der Waals surface area contributed by atoms with E-state index in [1.54, 1.807) is 18.3 Å². The molecule has 0 radical (unpaired) electrons. The number of aromatic nitrogens is 2. The third kappa shape index (κ3) is 4.21. The Labute approximate surface area is 174 Å². The molecule has 0 bridgehead atoms. The van der Waals surface area contributed by atoms with Gasteiger partial charge in [-0.25, -0.2) is 9.37 Å². The maximum atomic E-state index is 13.9. The van der Waals surface area contributed by atoms with Crippen molar-refractivity contribution in [3.05, 3.63) is 65.0 Å². The number of imidazole rings is 1. The molecule has 1 aliphatic rings. The second-order valence-electron chi connectivity index (χ2n) is 7.81. The average Bonchev–Trinajstić information content (AvgIpc) is 3.44. The van der Waals surface area contributed by atoms with E-state index >= 15 is 0 Å². The number of nitrogens with two attached hydrogens (primary N) is 1. The van der Waals surface area contributed by atoms with Crippen molar-refractivity contribution in [3.63, 3.8) is 0 Å². The lowest BCUT2D eigenvalue weighted by molar-refractivity contribution is 0.432. The molecular formula is C23H26FN5O. The van der Waals surface area contributed by atoms with Crippen LogP contribution in [0.5, 0.6) is 5.75 Å². The van der Waals surface area contributed by atoms with Gasteiger partial charge in [-0.2, -0.15) is 0 Å². The van der Waals surface area contributed by atoms with Gasteiger partial charge in [0.2, 0.25) is 0 Å². The summed E-state index contributed by atoms with van der Waals surface area (Å²) in [5.41, 5.74) is 10.5. The summed E-state index contributed by atoms with van der Waals surface area (Å²) in [6, 6.07) is 8.06. The van der Waals surface area contributed by atoms with Gasteiger partial charge in [-0.1, -0.05) is 19.1 Å². The highest BCUT2D eigenvalue weighted by molar-refractivity contribution is 6.12. The van der Waals surface area contributed by atoms with Crippen LogP contribution in [-0.2, 0) is 13.0 Å². The van der Waals surface area contributed by atoms with Crippen molar-refractivity contribution in [1.82, 2.24) is 15.3 Å². The van der Waals surface area contributed by atoms with Crippen LogP contribution in [0.2, 0.25) is 0 Å². The third-order valence-corrected chi connectivity index (χ3v) is 5.49. The summed E-state index contributed by atoms with van der Waals surface area (Å²) in [5.74, 6) is 0.233. The number of aromatic amines is 1. The molecule has 6 N–H and O–H groups in total. The number of hydrogen-bond acceptors (Lipinski definition) is 5. The Kier molecular flexibility index (Phi) is 5.55. The first-order valence-corrected chi connectivity index (χ1v) is 10.2. The van der Waals surface area contributed by atoms with Crippen molar-refractivity contribution >= 4 is 11.4 Å². The van der Waals surface area contributed by atoms with Crippen LogP contribution in [0.4, 0.5) is 10.1 Å². The van der Waals surface area contributed by atoms with E-state index in [1.807, 2.05) is 13.0 Å². The highest BCUT2D eigenvalue weighted by Gasteiger charge is 2.20. The molecule has 1 fully saturated rings. The molecule has 0 unspecified atom stereocenters. The smallest absolute Gasteiger partial charge is 0.165 e. The second-order valence-corrected chi connectivity index (χ2v) is 7.81. The monoisotopic (exact) mass is 407 g/mol. The van der Waals surface area contributed by atoms with E-state index < -0.39 is 5.82 Å². The molecule has 3 aromatic rings. The first-order chi connectivity index (χ1) is 14.5. The summed E-state index contributed by atoms with van der Waals surface area (Å²) < 4.78 is 13.9. The highest BCUT2D eigenvalue weighted by Crippen LogP contribution is 2.32. The number of halogens is 1. The lowest BCUT2D eigenvalue weighted by Gasteiger charge is -2.12. The molecule has 30 heavy (non-hydrogen) atoms. The van der Waals surface area contributed by atoms with Crippen molar-refractivity contribution in [3.8, 4) is 16.9 Å². The largest absolute Gasteiger partial charge is 0.505 e. The van der Waals surface area contributed by atoms with Gasteiger partial charge in [0.25, 0.3) is 0 Å². The van der Waals surface area contributed by atoms with E-state index in [9.17, 15) is 9.50 Å². The van der Waals surface area contributed by atoms with Crippen molar-refractivity contribution in [2.24, 2.45) is 5.92 Å². The predicted octanol–water partition coefficient (Wildman–Crippen LogP) is 3.98. The number of nitrogens with zero attached hydrogens (tertiary/aromatic N) is 1. The molecular weight excluding hydrogens is 381 g/mol. The molecule has 0 atom stereocenters. The molecule has 0 amide bonds. The van der Waals surface area contributed by atoms with Crippen molar-refractivity contribution in [1.29, 1.82) is 5.41 Å². The number of anilines is 1. The van der Waals surface area contributed by atoms with E-state index in [4.69, 9.17) is 11.1 Å². The first-order valence-electron chi connectivity index (χ1n) is 10.2. The van der Waals surface area contributed by atoms with E-state index in [0.717, 1.165) is 29.3 Å². The Morgan fingerprint density at radius 1 is 1.33 bits per heavy atom. The van der Waals surface area contributed by atoms with Gasteiger partial charge in [0.15, 0.2) is 17.4 Å². The summed E-state index contributed by atoms with van der Waals surface area (Å²) in [6.45, 7) is 3.62. The zero-order valence-electron chi connectivity index (χ0n) is 16.9.